The second-order valence-electron chi connectivity index (χ2n) is 11.9. The number of nitrogens with two attached hydrogens (primary N) is 1. The first-order valence-corrected chi connectivity index (χ1v) is 14.6. The quantitative estimate of drug-likeness (QED) is 0.313. The highest BCUT2D eigenvalue weighted by Gasteiger charge is 2.30. The second kappa shape index (κ2) is 10.1. The van der Waals surface area contributed by atoms with Gasteiger partial charge in [-0.1, -0.05) is 18.2 Å². The molecular formula is C32H37N7O2. The van der Waals surface area contributed by atoms with Crippen molar-refractivity contribution in [2.45, 2.75) is 57.8 Å². The monoisotopic (exact) mass is 551 g/mol. The summed E-state index contributed by atoms with van der Waals surface area (Å²) < 4.78 is 12.4. The van der Waals surface area contributed by atoms with E-state index in [9.17, 15) is 4.79 Å². The molecule has 2 N–H and O–H groups in total. The molecule has 212 valence electrons. The van der Waals surface area contributed by atoms with Gasteiger partial charge in [0.1, 0.15) is 11.3 Å². The van der Waals surface area contributed by atoms with Crippen molar-refractivity contribution in [2.75, 3.05) is 13.7 Å². The topological polar surface area (TPSA) is 96.1 Å². The van der Waals surface area contributed by atoms with Gasteiger partial charge in [-0.2, -0.15) is 5.10 Å². The van der Waals surface area contributed by atoms with Crippen LogP contribution in [-0.2, 0) is 20.1 Å². The summed E-state index contributed by atoms with van der Waals surface area (Å²) in [6.45, 7) is 4.19. The predicted octanol–water partition coefficient (Wildman–Crippen LogP) is 4.81. The van der Waals surface area contributed by atoms with Crippen molar-refractivity contribution < 1.29 is 9.53 Å². The lowest BCUT2D eigenvalue weighted by Crippen LogP contribution is -2.50. The molecule has 1 saturated heterocycles. The lowest BCUT2D eigenvalue weighted by atomic mass is 9.99. The predicted molar refractivity (Wildman–Crippen MR) is 160 cm³/mol. The molecule has 2 aromatic carbocycles. The van der Waals surface area contributed by atoms with Crippen molar-refractivity contribution in [2.24, 2.45) is 18.7 Å². The molecule has 1 aliphatic carbocycles. The Morgan fingerprint density at radius 3 is 2.68 bits per heavy atom. The van der Waals surface area contributed by atoms with E-state index in [-0.39, 0.29) is 18.0 Å². The van der Waals surface area contributed by atoms with E-state index in [1.54, 1.807) is 7.11 Å². The van der Waals surface area contributed by atoms with Gasteiger partial charge in [0, 0.05) is 60.4 Å². The highest BCUT2D eigenvalue weighted by atomic mass is 16.5. The smallest absolute Gasteiger partial charge is 0.254 e. The molecule has 7 rings (SSSR count). The van der Waals surface area contributed by atoms with Crippen LogP contribution < -0.4 is 10.5 Å². The first-order chi connectivity index (χ1) is 19.9. The zero-order chi connectivity index (χ0) is 28.2. The number of carbonyl (C=O) groups excluding carboxylic acids is 1. The Balaban J connectivity index is 1.42. The zero-order valence-electron chi connectivity index (χ0n) is 24.0. The molecule has 0 bridgehead atoms. The summed E-state index contributed by atoms with van der Waals surface area (Å²) >= 11 is 0. The van der Waals surface area contributed by atoms with Crippen LogP contribution in [0.3, 0.4) is 0 Å². The molecule has 0 spiro atoms. The fourth-order valence-corrected chi connectivity index (χ4v) is 6.33. The van der Waals surface area contributed by atoms with E-state index < -0.39 is 0 Å². The van der Waals surface area contributed by atoms with Crippen LogP contribution >= 0.6 is 0 Å². The molecular weight excluding hydrogens is 514 g/mol. The number of likely N-dealkylation sites (tertiary alicyclic amines) is 1. The van der Waals surface area contributed by atoms with Crippen LogP contribution in [0.2, 0.25) is 0 Å². The molecule has 2 fully saturated rings. The standard InChI is InChI=1S/C32H37N7O2/c1-20-8-11-25(33)19-37(20)32(40)24-12-26-30(29(14-24)41-3)39(18-22-15-34-36(2)16-22)31(35-26)28-13-23-6-4-5-7-27(23)38(28)17-21-9-10-21/h4-7,12-16,20-21,25H,8-11,17-19,33H2,1-3H3. The van der Waals surface area contributed by atoms with E-state index in [0.29, 0.717) is 30.3 Å². The summed E-state index contributed by atoms with van der Waals surface area (Å²) in [7, 11) is 3.59. The van der Waals surface area contributed by atoms with Gasteiger partial charge in [-0.05, 0) is 62.8 Å². The molecule has 5 aromatic rings. The maximum absolute atomic E-state index is 13.8. The Morgan fingerprint density at radius 2 is 1.93 bits per heavy atom. The van der Waals surface area contributed by atoms with Crippen molar-refractivity contribution in [3.05, 3.63) is 66.0 Å². The van der Waals surface area contributed by atoms with E-state index in [0.717, 1.165) is 47.5 Å². The number of benzene rings is 2. The molecule has 1 amide bonds. The third-order valence-electron chi connectivity index (χ3n) is 8.73. The summed E-state index contributed by atoms with van der Waals surface area (Å²) in [6.07, 6.45) is 8.28. The number of piperidine rings is 1. The van der Waals surface area contributed by atoms with Crippen molar-refractivity contribution >= 4 is 27.8 Å². The maximum atomic E-state index is 13.8. The van der Waals surface area contributed by atoms with Crippen LogP contribution in [0.25, 0.3) is 33.5 Å². The van der Waals surface area contributed by atoms with Gasteiger partial charge in [0.05, 0.1) is 31.1 Å². The van der Waals surface area contributed by atoms with Gasteiger partial charge in [-0.3, -0.25) is 9.48 Å². The first-order valence-electron chi connectivity index (χ1n) is 14.6. The van der Waals surface area contributed by atoms with Crippen molar-refractivity contribution in [1.82, 2.24) is 28.8 Å². The molecule has 1 aliphatic heterocycles. The van der Waals surface area contributed by atoms with Crippen molar-refractivity contribution in [3.63, 3.8) is 0 Å². The average Bonchev–Trinajstić information content (AvgIpc) is 3.43. The summed E-state index contributed by atoms with van der Waals surface area (Å²) in [6, 6.07) is 14.7. The molecule has 3 aromatic heterocycles. The number of nitrogens with zero attached hydrogens (tertiary/aromatic N) is 6. The Labute approximate surface area is 239 Å². The summed E-state index contributed by atoms with van der Waals surface area (Å²) in [5.74, 6) is 2.15. The van der Waals surface area contributed by atoms with E-state index in [2.05, 4.69) is 51.5 Å². The molecule has 1 saturated carbocycles. The molecule has 9 nitrogen and oxygen atoms in total. The van der Waals surface area contributed by atoms with Gasteiger partial charge in [-0.15, -0.1) is 0 Å². The molecule has 41 heavy (non-hydrogen) atoms. The minimum Gasteiger partial charge on any atom is -0.494 e. The number of hydrogen-bond acceptors (Lipinski definition) is 5. The lowest BCUT2D eigenvalue weighted by molar-refractivity contribution is 0.0612. The minimum atomic E-state index is -0.0287. The Kier molecular flexibility index (Phi) is 6.34. The van der Waals surface area contributed by atoms with Crippen LogP contribution in [0.5, 0.6) is 5.75 Å². The number of hydrogen-bond donors (Lipinski definition) is 1. The van der Waals surface area contributed by atoms with E-state index in [4.69, 9.17) is 15.5 Å². The Morgan fingerprint density at radius 1 is 1.10 bits per heavy atom. The molecule has 4 heterocycles. The summed E-state index contributed by atoms with van der Waals surface area (Å²) in [5.41, 5.74) is 11.8. The van der Waals surface area contributed by atoms with Crippen LogP contribution in [0.1, 0.15) is 48.5 Å². The number of fused-ring (bicyclic) bond motifs is 2. The SMILES string of the molecule is COc1cc(C(=O)N2CC(N)CCC2C)cc2nc(-c3cc4ccccc4n3CC3CC3)n(Cc3cnn(C)c3)c12. The highest BCUT2D eigenvalue weighted by molar-refractivity contribution is 6.00. The number of aryl methyl sites for hydroxylation is 1. The van der Waals surface area contributed by atoms with E-state index in [1.165, 1.54) is 23.7 Å². The highest BCUT2D eigenvalue weighted by Crippen LogP contribution is 2.39. The van der Waals surface area contributed by atoms with Gasteiger partial charge in [0.25, 0.3) is 5.91 Å². The molecule has 9 heteroatoms. The largest absolute Gasteiger partial charge is 0.494 e. The summed E-state index contributed by atoms with van der Waals surface area (Å²) in [5, 5.41) is 5.61. The lowest BCUT2D eigenvalue weighted by Gasteiger charge is -2.36. The van der Waals surface area contributed by atoms with Crippen LogP contribution in [0.15, 0.2) is 54.9 Å². The molecule has 0 radical (unpaired) electrons. The average molecular weight is 552 g/mol. The number of rotatable bonds is 7. The number of para-hydroxylation sites is 1. The van der Waals surface area contributed by atoms with E-state index >= 15 is 0 Å². The third-order valence-corrected chi connectivity index (χ3v) is 8.73. The number of amides is 1. The van der Waals surface area contributed by atoms with Crippen molar-refractivity contribution in [3.8, 4) is 17.3 Å². The van der Waals surface area contributed by atoms with Crippen LogP contribution in [0, 0.1) is 5.92 Å². The number of methoxy groups -OCH3 is 1. The zero-order valence-corrected chi connectivity index (χ0v) is 24.0. The normalized spacial score (nSPS) is 19.4. The molecule has 2 unspecified atom stereocenters. The van der Waals surface area contributed by atoms with Gasteiger partial charge in [0.15, 0.2) is 5.82 Å². The van der Waals surface area contributed by atoms with Crippen LogP contribution in [0.4, 0.5) is 0 Å². The van der Waals surface area contributed by atoms with Gasteiger partial charge < -0.3 is 24.5 Å². The van der Waals surface area contributed by atoms with Gasteiger partial charge in [0.2, 0.25) is 0 Å². The minimum absolute atomic E-state index is 0.000503. The summed E-state index contributed by atoms with van der Waals surface area (Å²) in [4.78, 5) is 20.9. The third kappa shape index (κ3) is 4.68. The van der Waals surface area contributed by atoms with Crippen LogP contribution in [-0.4, -0.2) is 60.4 Å². The van der Waals surface area contributed by atoms with Gasteiger partial charge >= 0.3 is 0 Å². The van der Waals surface area contributed by atoms with Crippen molar-refractivity contribution in [1.29, 1.82) is 0 Å². The molecule has 2 aliphatic rings. The number of carbonyl (C=O) groups is 1. The first kappa shape index (κ1) is 25.8. The number of ether oxygens (including phenoxy) is 1. The number of imidazole rings is 1. The number of aromatic nitrogens is 5. The van der Waals surface area contributed by atoms with Gasteiger partial charge in [-0.25, -0.2) is 4.98 Å². The fraction of sp³-hybridized carbons (Fsp3) is 0.406. The van der Waals surface area contributed by atoms with E-state index in [1.807, 2.05) is 41.2 Å². The Bertz CT molecular complexity index is 1760. The fourth-order valence-electron chi connectivity index (χ4n) is 6.33. The second-order valence-corrected chi connectivity index (χ2v) is 11.9. The molecule has 2 atom stereocenters. The Hall–Kier alpha value is -4.11. The maximum Gasteiger partial charge on any atom is 0.254 e.